The maximum Gasteiger partial charge on any atom is 0.222 e. The average Bonchev–Trinajstić information content (AvgIpc) is 3.10. The molecule has 3 aromatic rings. The fourth-order valence-corrected chi connectivity index (χ4v) is 4.26. The van der Waals surface area contributed by atoms with E-state index >= 15 is 0 Å². The van der Waals surface area contributed by atoms with Crippen LogP contribution in [0.5, 0.6) is 0 Å². The fourth-order valence-electron chi connectivity index (χ4n) is 3.39. The zero-order valence-corrected chi connectivity index (χ0v) is 15.3. The van der Waals surface area contributed by atoms with Gasteiger partial charge in [-0.05, 0) is 42.7 Å². The number of hydrogen-bond acceptors (Lipinski definition) is 5. The van der Waals surface area contributed by atoms with Crippen LogP contribution in [0.1, 0.15) is 18.4 Å². The predicted molar refractivity (Wildman–Crippen MR) is 108 cm³/mol. The molecule has 1 aliphatic rings. The lowest BCUT2D eigenvalue weighted by atomic mass is 9.97. The molecular formula is C20H22N4OS. The first-order valence-corrected chi connectivity index (χ1v) is 9.73. The van der Waals surface area contributed by atoms with Crippen molar-refractivity contribution in [1.82, 2.24) is 4.98 Å². The molecule has 26 heavy (non-hydrogen) atoms. The molecular weight excluding hydrogens is 344 g/mol. The minimum atomic E-state index is -0.189. The van der Waals surface area contributed by atoms with Crippen LogP contribution in [0.15, 0.2) is 48.5 Å². The summed E-state index contributed by atoms with van der Waals surface area (Å²) in [5.74, 6) is -0.226. The molecule has 1 fully saturated rings. The lowest BCUT2D eigenvalue weighted by Crippen LogP contribution is -2.41. The van der Waals surface area contributed by atoms with Crippen LogP contribution in [0.3, 0.4) is 0 Å². The number of para-hydroxylation sites is 1. The molecule has 0 saturated carbocycles. The molecule has 2 heterocycles. The third-order valence-electron chi connectivity index (χ3n) is 4.86. The summed E-state index contributed by atoms with van der Waals surface area (Å²) in [6, 6.07) is 16.7. The number of rotatable bonds is 5. The molecule has 0 aliphatic carbocycles. The Hall–Kier alpha value is -2.60. The lowest BCUT2D eigenvalue weighted by molar-refractivity contribution is -0.122. The van der Waals surface area contributed by atoms with Gasteiger partial charge < -0.3 is 16.0 Å². The number of benzene rings is 2. The molecule has 0 spiro atoms. The lowest BCUT2D eigenvalue weighted by Gasteiger charge is -2.33. The summed E-state index contributed by atoms with van der Waals surface area (Å²) in [4.78, 5) is 18.3. The van der Waals surface area contributed by atoms with Crippen LogP contribution in [0, 0.1) is 5.92 Å². The highest BCUT2D eigenvalue weighted by Crippen LogP contribution is 2.26. The molecule has 134 valence electrons. The van der Waals surface area contributed by atoms with Crippen molar-refractivity contribution in [2.75, 3.05) is 23.3 Å². The van der Waals surface area contributed by atoms with E-state index in [2.05, 4.69) is 45.5 Å². The highest BCUT2D eigenvalue weighted by molar-refractivity contribution is 7.22. The number of nitrogens with one attached hydrogen (secondary N) is 1. The predicted octanol–water partition coefficient (Wildman–Crippen LogP) is 3.61. The Balaban J connectivity index is 1.39. The summed E-state index contributed by atoms with van der Waals surface area (Å²) in [7, 11) is 0. The summed E-state index contributed by atoms with van der Waals surface area (Å²) in [6.45, 7) is 2.44. The molecule has 1 saturated heterocycles. The smallest absolute Gasteiger partial charge is 0.222 e. The second-order valence-electron chi connectivity index (χ2n) is 6.69. The monoisotopic (exact) mass is 366 g/mol. The van der Waals surface area contributed by atoms with Crippen molar-refractivity contribution < 1.29 is 4.79 Å². The number of nitrogens with two attached hydrogens (primary N) is 1. The van der Waals surface area contributed by atoms with E-state index in [1.807, 2.05) is 18.2 Å². The number of carbonyl (C=O) groups is 1. The SMILES string of the molecule is NC(=O)C1CCCN(c2ccc(CNc3nc4ccccc4s3)cc2)C1. The first-order valence-electron chi connectivity index (χ1n) is 8.92. The van der Waals surface area contributed by atoms with Gasteiger partial charge in [0.15, 0.2) is 5.13 Å². The average molecular weight is 366 g/mol. The Kier molecular flexibility index (Phi) is 4.75. The van der Waals surface area contributed by atoms with Crippen molar-refractivity contribution >= 4 is 38.3 Å². The van der Waals surface area contributed by atoms with Crippen LogP contribution >= 0.6 is 11.3 Å². The third kappa shape index (κ3) is 3.65. The molecule has 1 amide bonds. The first kappa shape index (κ1) is 16.8. The van der Waals surface area contributed by atoms with Gasteiger partial charge in [-0.25, -0.2) is 4.98 Å². The number of primary amides is 1. The molecule has 1 atom stereocenters. The standard InChI is InChI=1S/C20H22N4OS/c21-19(25)15-4-3-11-24(13-15)16-9-7-14(8-10-16)12-22-20-23-17-5-1-2-6-18(17)26-20/h1-2,5-10,15H,3-4,11-13H2,(H2,21,25)(H,22,23). The van der Waals surface area contributed by atoms with E-state index in [0.717, 1.165) is 48.8 Å². The van der Waals surface area contributed by atoms with Gasteiger partial charge in [0.25, 0.3) is 0 Å². The fraction of sp³-hybridized carbons (Fsp3) is 0.300. The number of fused-ring (bicyclic) bond motifs is 1. The second kappa shape index (κ2) is 7.33. The first-order chi connectivity index (χ1) is 12.7. The number of hydrogen-bond donors (Lipinski definition) is 2. The number of aromatic nitrogens is 1. The molecule has 0 bridgehead atoms. The van der Waals surface area contributed by atoms with Gasteiger partial charge in [0.1, 0.15) is 0 Å². The second-order valence-corrected chi connectivity index (χ2v) is 7.72. The van der Waals surface area contributed by atoms with Crippen LogP contribution in [0.2, 0.25) is 0 Å². The highest BCUT2D eigenvalue weighted by atomic mass is 32.1. The molecule has 1 unspecified atom stereocenters. The number of anilines is 2. The summed E-state index contributed by atoms with van der Waals surface area (Å²) < 4.78 is 1.19. The summed E-state index contributed by atoms with van der Waals surface area (Å²) in [6.07, 6.45) is 1.91. The van der Waals surface area contributed by atoms with Gasteiger partial charge in [-0.3, -0.25) is 4.79 Å². The van der Waals surface area contributed by atoms with Crippen molar-refractivity contribution in [3.8, 4) is 0 Å². The van der Waals surface area contributed by atoms with Gasteiger partial charge in [-0.15, -0.1) is 0 Å². The van der Waals surface area contributed by atoms with Gasteiger partial charge in [0.2, 0.25) is 5.91 Å². The summed E-state index contributed by atoms with van der Waals surface area (Å²) >= 11 is 1.67. The maximum atomic E-state index is 11.5. The Bertz CT molecular complexity index is 873. The van der Waals surface area contributed by atoms with Gasteiger partial charge in [-0.1, -0.05) is 35.6 Å². The zero-order valence-electron chi connectivity index (χ0n) is 14.5. The molecule has 4 rings (SSSR count). The number of amides is 1. The largest absolute Gasteiger partial charge is 0.371 e. The van der Waals surface area contributed by atoms with E-state index in [1.54, 1.807) is 11.3 Å². The minimum absolute atomic E-state index is 0.0378. The Morgan fingerprint density at radius 2 is 2.04 bits per heavy atom. The van der Waals surface area contributed by atoms with Crippen LogP contribution < -0.4 is 16.0 Å². The Morgan fingerprint density at radius 3 is 2.81 bits per heavy atom. The number of thiazole rings is 1. The van der Waals surface area contributed by atoms with E-state index in [4.69, 9.17) is 5.73 Å². The normalized spacial score (nSPS) is 17.4. The van der Waals surface area contributed by atoms with Crippen LogP contribution in [0.4, 0.5) is 10.8 Å². The van der Waals surface area contributed by atoms with Crippen molar-refractivity contribution in [2.24, 2.45) is 11.7 Å². The number of nitrogens with zero attached hydrogens (tertiary/aromatic N) is 2. The molecule has 2 aromatic carbocycles. The van der Waals surface area contributed by atoms with E-state index in [9.17, 15) is 4.79 Å². The molecule has 1 aliphatic heterocycles. The van der Waals surface area contributed by atoms with E-state index in [-0.39, 0.29) is 11.8 Å². The van der Waals surface area contributed by atoms with Crippen LogP contribution in [0.25, 0.3) is 10.2 Å². The third-order valence-corrected chi connectivity index (χ3v) is 5.86. The highest BCUT2D eigenvalue weighted by Gasteiger charge is 2.23. The molecule has 6 heteroatoms. The van der Waals surface area contributed by atoms with Crippen molar-refractivity contribution in [3.63, 3.8) is 0 Å². The van der Waals surface area contributed by atoms with Crippen LogP contribution in [-0.4, -0.2) is 24.0 Å². The Labute approximate surface area is 156 Å². The molecule has 0 radical (unpaired) electrons. The topological polar surface area (TPSA) is 71.2 Å². The number of carbonyl (C=O) groups excluding carboxylic acids is 1. The van der Waals surface area contributed by atoms with Crippen molar-refractivity contribution in [2.45, 2.75) is 19.4 Å². The maximum absolute atomic E-state index is 11.5. The molecule has 3 N–H and O–H groups in total. The van der Waals surface area contributed by atoms with Crippen molar-refractivity contribution in [3.05, 3.63) is 54.1 Å². The van der Waals surface area contributed by atoms with Gasteiger partial charge in [0.05, 0.1) is 16.1 Å². The summed E-state index contributed by atoms with van der Waals surface area (Å²) in [5.41, 5.74) is 8.86. The van der Waals surface area contributed by atoms with E-state index in [0.29, 0.717) is 0 Å². The Morgan fingerprint density at radius 1 is 1.23 bits per heavy atom. The van der Waals surface area contributed by atoms with E-state index in [1.165, 1.54) is 10.3 Å². The molecule has 1 aromatic heterocycles. The number of piperidine rings is 1. The van der Waals surface area contributed by atoms with Gasteiger partial charge in [0, 0.05) is 25.3 Å². The minimum Gasteiger partial charge on any atom is -0.371 e. The van der Waals surface area contributed by atoms with E-state index < -0.39 is 0 Å². The quantitative estimate of drug-likeness (QED) is 0.724. The zero-order chi connectivity index (χ0) is 17.9. The van der Waals surface area contributed by atoms with Gasteiger partial charge in [-0.2, -0.15) is 0 Å². The summed E-state index contributed by atoms with van der Waals surface area (Å²) in [5, 5.41) is 4.34. The van der Waals surface area contributed by atoms with Crippen molar-refractivity contribution in [1.29, 1.82) is 0 Å². The van der Waals surface area contributed by atoms with Gasteiger partial charge >= 0.3 is 0 Å². The molecule has 5 nitrogen and oxygen atoms in total. The van der Waals surface area contributed by atoms with Crippen LogP contribution in [-0.2, 0) is 11.3 Å².